The molecule has 0 saturated heterocycles. The first-order valence-corrected chi connectivity index (χ1v) is 6.94. The van der Waals surface area contributed by atoms with E-state index in [1.165, 1.54) is 19.3 Å². The van der Waals surface area contributed by atoms with Gasteiger partial charge in [-0.05, 0) is 30.7 Å². The van der Waals surface area contributed by atoms with E-state index >= 15 is 0 Å². The third-order valence-corrected chi connectivity index (χ3v) is 2.94. The van der Waals surface area contributed by atoms with Gasteiger partial charge >= 0.3 is 0 Å². The summed E-state index contributed by atoms with van der Waals surface area (Å²) in [4.78, 5) is 0. The lowest BCUT2D eigenvalue weighted by Gasteiger charge is -2.05. The monoisotopic (exact) mass is 321 g/mol. The average Bonchev–Trinajstić information content (AvgIpc) is 2.62. The lowest BCUT2D eigenvalue weighted by Crippen LogP contribution is -1.94. The Morgan fingerprint density at radius 3 is 2.17 bits per heavy atom. The van der Waals surface area contributed by atoms with Crippen LogP contribution in [0.15, 0.2) is 53.5 Å². The van der Waals surface area contributed by atoms with E-state index in [2.05, 4.69) is 0 Å². The molecule has 24 heavy (non-hydrogen) atoms. The third kappa shape index (κ3) is 4.66. The normalized spacial score (nSPS) is 10.8. The van der Waals surface area contributed by atoms with E-state index in [4.69, 9.17) is 25.3 Å². The molecule has 0 unspecified atom stereocenters. The average molecular weight is 321 g/mol. The van der Waals surface area contributed by atoms with Gasteiger partial charge in [-0.2, -0.15) is 15.8 Å². The zero-order valence-electron chi connectivity index (χ0n) is 13.3. The molecule has 0 aromatic heterocycles. The number of hydrogen-bond donors (Lipinski definition) is 1. The van der Waals surface area contributed by atoms with Crippen LogP contribution in [-0.2, 0) is 4.74 Å². The highest BCUT2D eigenvalue weighted by Gasteiger charge is 2.09. The molecule has 0 spiro atoms. The van der Waals surface area contributed by atoms with E-state index in [-0.39, 0.29) is 17.8 Å². The Morgan fingerprint density at radius 1 is 1.08 bits per heavy atom. The molecule has 0 aliphatic heterocycles. The molecule has 1 rings (SSSR count). The number of methoxy groups -OCH3 is 1. The topological polar surface area (TPSA) is 110 Å². The molecule has 120 valence electrons. The van der Waals surface area contributed by atoms with Crippen molar-refractivity contribution in [3.05, 3.63) is 59.1 Å². The van der Waals surface area contributed by atoms with Crippen molar-refractivity contribution in [2.45, 2.75) is 6.92 Å². The number of hydrogen-bond acceptors (Lipinski definition) is 6. The maximum atomic E-state index is 9.63. The van der Waals surface area contributed by atoms with Crippen LogP contribution in [0.4, 0.5) is 0 Å². The molecule has 0 amide bonds. The summed E-state index contributed by atoms with van der Waals surface area (Å²) in [5, 5.41) is 37.0. The van der Waals surface area contributed by atoms with Gasteiger partial charge in [-0.25, -0.2) is 0 Å². The minimum atomic E-state index is -0.513. The van der Waals surface area contributed by atoms with Gasteiger partial charge in [0.05, 0.1) is 13.7 Å². The molecule has 0 saturated carbocycles. The fourth-order valence-corrected chi connectivity index (χ4v) is 1.78. The second kappa shape index (κ2) is 9.35. The molecule has 0 atom stereocenters. The first-order valence-electron chi connectivity index (χ1n) is 6.94. The quantitative estimate of drug-likeness (QED) is 0.488. The van der Waals surface area contributed by atoms with Crippen LogP contribution in [0.3, 0.4) is 0 Å². The molecule has 0 fully saturated rings. The number of nitrogens with zero attached hydrogens (tertiary/aromatic N) is 3. The maximum absolute atomic E-state index is 9.63. The van der Waals surface area contributed by atoms with Gasteiger partial charge in [-0.3, -0.25) is 0 Å². The van der Waals surface area contributed by atoms with Gasteiger partial charge in [0.15, 0.2) is 0 Å². The molecular formula is C18H15N3O3. The molecule has 0 heterocycles. The predicted octanol–water partition coefficient (Wildman–Crippen LogP) is 3.38. The van der Waals surface area contributed by atoms with Crippen molar-refractivity contribution in [3.8, 4) is 24.0 Å². The SMILES string of the molecule is CCOC(O)=C(C#N)C=CC(=C(C#N)C#N)c1ccc(OC)cc1. The largest absolute Gasteiger partial charge is 0.497 e. The van der Waals surface area contributed by atoms with Crippen molar-refractivity contribution in [3.63, 3.8) is 0 Å². The zero-order chi connectivity index (χ0) is 17.9. The van der Waals surface area contributed by atoms with E-state index in [1.807, 2.05) is 12.1 Å². The van der Waals surface area contributed by atoms with Gasteiger partial charge in [0, 0.05) is 5.57 Å². The third-order valence-electron chi connectivity index (χ3n) is 2.94. The molecule has 6 nitrogen and oxygen atoms in total. The molecule has 1 N–H and O–H groups in total. The van der Waals surface area contributed by atoms with Crippen LogP contribution < -0.4 is 4.74 Å². The van der Waals surface area contributed by atoms with Crippen LogP contribution in [0.25, 0.3) is 5.57 Å². The van der Waals surface area contributed by atoms with Crippen LogP contribution in [-0.4, -0.2) is 18.8 Å². The van der Waals surface area contributed by atoms with Crippen molar-refractivity contribution in [1.29, 1.82) is 15.8 Å². The van der Waals surface area contributed by atoms with Crippen molar-refractivity contribution < 1.29 is 14.6 Å². The summed E-state index contributed by atoms with van der Waals surface area (Å²) in [6.45, 7) is 1.87. The van der Waals surface area contributed by atoms with E-state index in [1.54, 1.807) is 37.3 Å². The highest BCUT2D eigenvalue weighted by atomic mass is 16.6. The summed E-state index contributed by atoms with van der Waals surface area (Å²) in [6, 6.07) is 12.2. The second-order valence-corrected chi connectivity index (χ2v) is 4.34. The fourth-order valence-electron chi connectivity index (χ4n) is 1.78. The minimum Gasteiger partial charge on any atom is -0.497 e. The summed E-state index contributed by atoms with van der Waals surface area (Å²) < 4.78 is 9.95. The molecule has 0 radical (unpaired) electrons. The smallest absolute Gasteiger partial charge is 0.295 e. The van der Waals surface area contributed by atoms with E-state index < -0.39 is 5.95 Å². The van der Waals surface area contributed by atoms with Gasteiger partial charge in [-0.1, -0.05) is 18.2 Å². The molecule has 0 aliphatic carbocycles. The van der Waals surface area contributed by atoms with Gasteiger partial charge in [0.25, 0.3) is 5.95 Å². The Kier molecular flexibility index (Phi) is 7.15. The van der Waals surface area contributed by atoms with Crippen molar-refractivity contribution in [1.82, 2.24) is 0 Å². The first kappa shape index (κ1) is 18.4. The summed E-state index contributed by atoms with van der Waals surface area (Å²) >= 11 is 0. The van der Waals surface area contributed by atoms with Crippen molar-refractivity contribution >= 4 is 5.57 Å². The summed E-state index contributed by atoms with van der Waals surface area (Å²) in [6.07, 6.45) is 2.70. The highest BCUT2D eigenvalue weighted by molar-refractivity contribution is 5.82. The minimum absolute atomic E-state index is 0.113. The summed E-state index contributed by atoms with van der Waals surface area (Å²) in [7, 11) is 1.53. The van der Waals surface area contributed by atoms with Gasteiger partial charge < -0.3 is 14.6 Å². The fraction of sp³-hybridized carbons (Fsp3) is 0.167. The van der Waals surface area contributed by atoms with Crippen molar-refractivity contribution in [2.75, 3.05) is 13.7 Å². The zero-order valence-corrected chi connectivity index (χ0v) is 13.3. The van der Waals surface area contributed by atoms with Crippen LogP contribution in [0.1, 0.15) is 12.5 Å². The molecule has 0 aliphatic rings. The van der Waals surface area contributed by atoms with E-state index in [0.29, 0.717) is 16.9 Å². The number of aliphatic hydroxyl groups is 1. The highest BCUT2D eigenvalue weighted by Crippen LogP contribution is 2.23. The molecule has 0 bridgehead atoms. The first-order chi connectivity index (χ1) is 11.6. The van der Waals surface area contributed by atoms with Gasteiger partial charge in [0.2, 0.25) is 0 Å². The van der Waals surface area contributed by atoms with E-state index in [0.717, 1.165) is 0 Å². The van der Waals surface area contributed by atoms with Gasteiger partial charge in [-0.15, -0.1) is 0 Å². The van der Waals surface area contributed by atoms with Crippen molar-refractivity contribution in [2.24, 2.45) is 0 Å². The van der Waals surface area contributed by atoms with E-state index in [9.17, 15) is 5.11 Å². The number of aliphatic hydroxyl groups excluding tert-OH is 1. The number of allylic oxidation sites excluding steroid dienone is 5. The summed E-state index contributed by atoms with van der Waals surface area (Å²) in [5.41, 5.74) is 0.681. The van der Waals surface area contributed by atoms with Crippen LogP contribution in [0.5, 0.6) is 5.75 Å². The molecular weight excluding hydrogens is 306 g/mol. The molecule has 6 heteroatoms. The lowest BCUT2D eigenvalue weighted by molar-refractivity contribution is 0.100. The van der Waals surface area contributed by atoms with Crippen LogP contribution in [0, 0.1) is 34.0 Å². The standard InChI is InChI=1S/C18H15N3O3/c1-3-24-18(22)14(10-19)6-9-17(15(11-20)12-21)13-4-7-16(23-2)8-5-13/h4-9,22H,3H2,1-2H3. The van der Waals surface area contributed by atoms with Crippen LogP contribution >= 0.6 is 0 Å². The van der Waals surface area contributed by atoms with Crippen LogP contribution in [0.2, 0.25) is 0 Å². The number of ether oxygens (including phenoxy) is 2. The molecule has 1 aromatic rings. The molecule has 1 aromatic carbocycles. The Labute approximate surface area is 140 Å². The Hall–Kier alpha value is -3.69. The Balaban J connectivity index is 3.37. The predicted molar refractivity (Wildman–Crippen MR) is 87.2 cm³/mol. The second-order valence-electron chi connectivity index (χ2n) is 4.34. The Bertz CT molecular complexity index is 782. The number of benzene rings is 1. The number of nitriles is 3. The summed E-state index contributed by atoms with van der Waals surface area (Å²) in [5.74, 6) is 0.116. The lowest BCUT2D eigenvalue weighted by atomic mass is 9.99. The van der Waals surface area contributed by atoms with Gasteiger partial charge in [0.1, 0.15) is 35.1 Å². The number of rotatable bonds is 6. The Morgan fingerprint density at radius 2 is 1.71 bits per heavy atom. The maximum Gasteiger partial charge on any atom is 0.295 e.